The number of carbonyl (C=O) groups is 1. The number of halogens is 3. The van der Waals surface area contributed by atoms with Gasteiger partial charge in [-0.05, 0) is 37.1 Å². The van der Waals surface area contributed by atoms with Gasteiger partial charge in [-0.3, -0.25) is 0 Å². The molecule has 0 aromatic heterocycles. The Morgan fingerprint density at radius 3 is 2.35 bits per heavy atom. The average molecular weight is 284 g/mol. The molecule has 0 N–H and O–H groups in total. The molecule has 0 aliphatic carbocycles. The number of ether oxygens (including phenoxy) is 1. The Hall–Kier alpha value is -2.04. The molecule has 0 unspecified atom stereocenters. The number of rotatable bonds is 4. The quantitative estimate of drug-likeness (QED) is 0.470. The molecule has 2 nitrogen and oxygen atoms in total. The summed E-state index contributed by atoms with van der Waals surface area (Å²) in [6.45, 7) is 3.71. The van der Waals surface area contributed by atoms with Gasteiger partial charge in [-0.15, -0.1) is 0 Å². The zero-order valence-electron chi connectivity index (χ0n) is 11.2. The van der Waals surface area contributed by atoms with Gasteiger partial charge in [0.15, 0.2) is 0 Å². The molecule has 0 amide bonds. The third kappa shape index (κ3) is 5.30. The first-order valence-corrected chi connectivity index (χ1v) is 6.03. The minimum atomic E-state index is -4.33. The highest BCUT2D eigenvalue weighted by molar-refractivity contribution is 5.83. The van der Waals surface area contributed by atoms with Crippen molar-refractivity contribution in [3.63, 3.8) is 0 Å². The van der Waals surface area contributed by atoms with Gasteiger partial charge in [0.05, 0.1) is 12.2 Å². The molecule has 1 aromatic rings. The van der Waals surface area contributed by atoms with E-state index in [2.05, 4.69) is 0 Å². The van der Waals surface area contributed by atoms with Crippen LogP contribution >= 0.6 is 0 Å². The Morgan fingerprint density at radius 1 is 1.25 bits per heavy atom. The lowest BCUT2D eigenvalue weighted by Crippen LogP contribution is -2.03. The maximum absolute atomic E-state index is 12.4. The van der Waals surface area contributed by atoms with Gasteiger partial charge in [-0.1, -0.05) is 24.3 Å². The second-order valence-electron chi connectivity index (χ2n) is 4.09. The summed E-state index contributed by atoms with van der Waals surface area (Å²) in [7, 11) is 0. The normalized spacial score (nSPS) is 12.8. The highest BCUT2D eigenvalue weighted by Gasteiger charge is 2.29. The Labute approximate surface area is 115 Å². The van der Waals surface area contributed by atoms with E-state index in [0.717, 1.165) is 12.1 Å². The molecule has 5 heteroatoms. The molecule has 0 saturated heterocycles. The molecule has 0 saturated carbocycles. The molecule has 0 atom stereocenters. The molecular formula is C15H15F3O2. The first kappa shape index (κ1) is 16.0. The van der Waals surface area contributed by atoms with Gasteiger partial charge < -0.3 is 4.74 Å². The van der Waals surface area contributed by atoms with Crippen LogP contribution in [0.15, 0.2) is 42.0 Å². The first-order valence-electron chi connectivity index (χ1n) is 6.03. The fraction of sp³-hybridized carbons (Fsp3) is 0.267. The van der Waals surface area contributed by atoms with E-state index in [4.69, 9.17) is 4.74 Å². The van der Waals surface area contributed by atoms with Crippen LogP contribution in [0.3, 0.4) is 0 Å². The molecule has 1 rings (SSSR count). The summed E-state index contributed by atoms with van der Waals surface area (Å²) in [6.07, 6.45) is 0.261. The number of allylic oxidation sites excluding steroid dienone is 2. The van der Waals surface area contributed by atoms with E-state index in [9.17, 15) is 18.0 Å². The molecule has 108 valence electrons. The fourth-order valence-electron chi connectivity index (χ4n) is 1.43. The molecule has 0 fully saturated rings. The van der Waals surface area contributed by atoms with Crippen molar-refractivity contribution in [2.45, 2.75) is 20.0 Å². The van der Waals surface area contributed by atoms with Gasteiger partial charge in [0.1, 0.15) is 0 Å². The number of alkyl halides is 3. The largest absolute Gasteiger partial charge is 0.463 e. The van der Waals surface area contributed by atoms with Crippen molar-refractivity contribution in [1.82, 2.24) is 0 Å². The van der Waals surface area contributed by atoms with Crippen LogP contribution in [0.4, 0.5) is 13.2 Å². The summed E-state index contributed by atoms with van der Waals surface area (Å²) in [5.41, 5.74) is 0.589. The van der Waals surface area contributed by atoms with Gasteiger partial charge in [0.25, 0.3) is 0 Å². The van der Waals surface area contributed by atoms with Crippen molar-refractivity contribution in [2.75, 3.05) is 6.61 Å². The van der Waals surface area contributed by atoms with E-state index in [1.807, 2.05) is 0 Å². The molecule has 1 aromatic carbocycles. The molecule has 0 aliphatic heterocycles. The zero-order valence-corrected chi connectivity index (χ0v) is 11.2. The summed E-state index contributed by atoms with van der Waals surface area (Å²) in [5, 5.41) is 0. The zero-order chi connectivity index (χ0) is 15.2. The van der Waals surface area contributed by atoms with Crippen molar-refractivity contribution in [2.24, 2.45) is 0 Å². The van der Waals surface area contributed by atoms with E-state index < -0.39 is 17.7 Å². The summed E-state index contributed by atoms with van der Waals surface area (Å²) >= 11 is 0. The molecule has 0 radical (unpaired) electrons. The van der Waals surface area contributed by atoms with Crippen molar-refractivity contribution >= 4 is 12.0 Å². The lowest BCUT2D eigenvalue weighted by Gasteiger charge is -2.05. The number of benzene rings is 1. The Morgan fingerprint density at radius 2 is 1.85 bits per heavy atom. The summed E-state index contributed by atoms with van der Waals surface area (Å²) < 4.78 is 41.9. The van der Waals surface area contributed by atoms with Gasteiger partial charge in [0.2, 0.25) is 0 Å². The second kappa shape index (κ2) is 6.93. The molecular weight excluding hydrogens is 269 g/mol. The van der Waals surface area contributed by atoms with Crippen molar-refractivity contribution in [3.05, 3.63) is 53.1 Å². The monoisotopic (exact) mass is 284 g/mol. The first-order chi connectivity index (χ1) is 9.32. The number of carbonyl (C=O) groups excluding carboxylic acids is 1. The predicted octanol–water partition coefficient (Wildman–Crippen LogP) is 4.23. The van der Waals surface area contributed by atoms with Crippen LogP contribution in [0, 0.1) is 0 Å². The number of hydrogen-bond acceptors (Lipinski definition) is 2. The SMILES string of the molecule is CCOC(=O)C=C(C)C=Cc1ccc(C(F)(F)F)cc1. The van der Waals surface area contributed by atoms with E-state index >= 15 is 0 Å². The minimum absolute atomic E-state index is 0.297. The van der Waals surface area contributed by atoms with E-state index in [1.54, 1.807) is 26.0 Å². The highest BCUT2D eigenvalue weighted by Crippen LogP contribution is 2.29. The predicted molar refractivity (Wildman–Crippen MR) is 70.9 cm³/mol. The average Bonchev–Trinajstić information content (AvgIpc) is 2.36. The maximum Gasteiger partial charge on any atom is 0.416 e. The minimum Gasteiger partial charge on any atom is -0.463 e. The lowest BCUT2D eigenvalue weighted by atomic mass is 10.1. The topological polar surface area (TPSA) is 26.3 Å². The Balaban J connectivity index is 2.74. The summed E-state index contributed by atoms with van der Waals surface area (Å²) in [6, 6.07) is 4.78. The van der Waals surface area contributed by atoms with Gasteiger partial charge in [0, 0.05) is 6.08 Å². The van der Waals surface area contributed by atoms with Gasteiger partial charge in [-0.2, -0.15) is 13.2 Å². The fourth-order valence-corrected chi connectivity index (χ4v) is 1.43. The summed E-state index contributed by atoms with van der Waals surface area (Å²) in [4.78, 5) is 11.2. The van der Waals surface area contributed by atoms with Gasteiger partial charge in [-0.25, -0.2) is 4.79 Å². The molecule has 0 aliphatic rings. The van der Waals surface area contributed by atoms with Crippen LogP contribution in [0.5, 0.6) is 0 Å². The highest BCUT2D eigenvalue weighted by atomic mass is 19.4. The summed E-state index contributed by atoms with van der Waals surface area (Å²) in [5.74, 6) is -0.443. The van der Waals surface area contributed by atoms with Crippen LogP contribution in [0.25, 0.3) is 6.08 Å². The molecule has 0 bridgehead atoms. The van der Waals surface area contributed by atoms with Crippen LogP contribution in [-0.2, 0) is 15.7 Å². The van der Waals surface area contributed by atoms with E-state index in [0.29, 0.717) is 17.7 Å². The number of hydrogen-bond donors (Lipinski definition) is 0. The van der Waals surface area contributed by atoms with Crippen LogP contribution in [0.1, 0.15) is 25.0 Å². The van der Waals surface area contributed by atoms with E-state index in [1.165, 1.54) is 18.2 Å². The van der Waals surface area contributed by atoms with Crippen LogP contribution in [0.2, 0.25) is 0 Å². The Bertz CT molecular complexity index is 511. The van der Waals surface area contributed by atoms with Crippen molar-refractivity contribution < 1.29 is 22.7 Å². The van der Waals surface area contributed by atoms with Crippen LogP contribution < -0.4 is 0 Å². The molecule has 20 heavy (non-hydrogen) atoms. The van der Waals surface area contributed by atoms with Gasteiger partial charge >= 0.3 is 12.1 Å². The lowest BCUT2D eigenvalue weighted by molar-refractivity contribution is -0.138. The molecule has 0 spiro atoms. The maximum atomic E-state index is 12.4. The van der Waals surface area contributed by atoms with E-state index in [-0.39, 0.29) is 0 Å². The Kier molecular flexibility index (Phi) is 5.55. The standard InChI is InChI=1S/C15H15F3O2/c1-3-20-14(19)10-11(2)4-5-12-6-8-13(9-7-12)15(16,17)18/h4-10H,3H2,1-2H3. The van der Waals surface area contributed by atoms with Crippen LogP contribution in [-0.4, -0.2) is 12.6 Å². The smallest absolute Gasteiger partial charge is 0.416 e. The van der Waals surface area contributed by atoms with Crippen molar-refractivity contribution in [1.29, 1.82) is 0 Å². The third-order valence-electron chi connectivity index (χ3n) is 2.41. The number of esters is 1. The second-order valence-corrected chi connectivity index (χ2v) is 4.09. The third-order valence-corrected chi connectivity index (χ3v) is 2.41. The van der Waals surface area contributed by atoms with Crippen molar-refractivity contribution in [3.8, 4) is 0 Å². The molecule has 0 heterocycles.